The zero-order valence-electron chi connectivity index (χ0n) is 9.38. The quantitative estimate of drug-likeness (QED) is 0.634. The number of hydrogen-bond acceptors (Lipinski definition) is 5. The molecule has 6 heteroatoms. The average Bonchev–Trinajstić information content (AvgIpc) is 2.81. The fraction of sp³-hybridized carbons (Fsp3) is 0.273. The Kier molecular flexibility index (Phi) is 3.24. The minimum atomic E-state index is 0.00528. The third-order valence-corrected chi connectivity index (χ3v) is 2.51. The van der Waals surface area contributed by atoms with Crippen molar-refractivity contribution in [3.8, 4) is 11.5 Å². The van der Waals surface area contributed by atoms with E-state index in [4.69, 9.17) is 5.11 Å². The molecule has 1 aromatic carbocycles. The minimum Gasteiger partial charge on any atom is -0.508 e. The maximum atomic E-state index is 9.60. The van der Waals surface area contributed by atoms with Crippen LogP contribution in [0.15, 0.2) is 24.5 Å². The number of rotatable bonds is 4. The number of H-pyrrole nitrogens is 1. The Morgan fingerprint density at radius 1 is 1.41 bits per heavy atom. The van der Waals surface area contributed by atoms with Crippen LogP contribution in [0.5, 0.6) is 11.5 Å². The van der Waals surface area contributed by atoms with Crippen molar-refractivity contribution in [2.45, 2.75) is 19.5 Å². The number of benzene rings is 1. The van der Waals surface area contributed by atoms with Crippen LogP contribution >= 0.6 is 0 Å². The van der Waals surface area contributed by atoms with Crippen molar-refractivity contribution in [2.75, 3.05) is 0 Å². The van der Waals surface area contributed by atoms with Crippen LogP contribution in [-0.2, 0) is 6.54 Å². The van der Waals surface area contributed by atoms with Crippen molar-refractivity contribution in [1.29, 1.82) is 0 Å². The third-order valence-electron chi connectivity index (χ3n) is 2.51. The molecule has 1 atom stereocenters. The number of nitrogens with zero attached hydrogens (tertiary/aromatic N) is 2. The molecule has 0 saturated carbocycles. The lowest BCUT2D eigenvalue weighted by Gasteiger charge is -2.11. The molecule has 2 aromatic rings. The molecule has 2 rings (SSSR count). The van der Waals surface area contributed by atoms with E-state index >= 15 is 0 Å². The van der Waals surface area contributed by atoms with E-state index in [0.717, 1.165) is 5.82 Å². The lowest BCUT2D eigenvalue weighted by Crippen LogP contribution is -2.19. The molecule has 90 valence electrons. The van der Waals surface area contributed by atoms with Crippen molar-refractivity contribution in [3.63, 3.8) is 0 Å². The molecule has 0 fully saturated rings. The standard InChI is InChI=1S/C11H14N4O2/c1-7(11-13-6-14-15-11)12-5-8-2-3-9(16)4-10(8)17/h2-4,6-7,12,16-17H,5H2,1H3,(H,13,14,15). The van der Waals surface area contributed by atoms with Gasteiger partial charge in [0.2, 0.25) is 0 Å². The normalized spacial score (nSPS) is 12.5. The maximum Gasteiger partial charge on any atom is 0.141 e. The lowest BCUT2D eigenvalue weighted by atomic mass is 10.2. The Labute approximate surface area is 98.3 Å². The Morgan fingerprint density at radius 3 is 2.88 bits per heavy atom. The molecule has 1 aromatic heterocycles. The molecular formula is C11H14N4O2. The second-order valence-corrected chi connectivity index (χ2v) is 3.79. The first-order valence-electron chi connectivity index (χ1n) is 5.26. The second kappa shape index (κ2) is 4.84. The van der Waals surface area contributed by atoms with E-state index in [1.807, 2.05) is 6.92 Å². The van der Waals surface area contributed by atoms with Gasteiger partial charge in [0.05, 0.1) is 6.04 Å². The lowest BCUT2D eigenvalue weighted by molar-refractivity contribution is 0.440. The number of aromatic nitrogens is 3. The second-order valence-electron chi connectivity index (χ2n) is 3.79. The molecule has 17 heavy (non-hydrogen) atoms. The highest BCUT2D eigenvalue weighted by Crippen LogP contribution is 2.22. The monoisotopic (exact) mass is 234 g/mol. The van der Waals surface area contributed by atoms with Gasteiger partial charge in [-0.25, -0.2) is 4.98 Å². The summed E-state index contributed by atoms with van der Waals surface area (Å²) in [4.78, 5) is 4.03. The number of nitrogens with one attached hydrogen (secondary N) is 2. The minimum absolute atomic E-state index is 0.00528. The summed E-state index contributed by atoms with van der Waals surface area (Å²) in [6, 6.07) is 4.53. The van der Waals surface area contributed by atoms with Gasteiger partial charge in [-0.3, -0.25) is 5.10 Å². The van der Waals surface area contributed by atoms with Crippen LogP contribution in [0.3, 0.4) is 0 Å². The Bertz CT molecular complexity index is 484. The van der Waals surface area contributed by atoms with E-state index in [0.29, 0.717) is 12.1 Å². The number of phenolic OH excluding ortho intramolecular Hbond substituents is 2. The molecule has 0 bridgehead atoms. The van der Waals surface area contributed by atoms with Crippen LogP contribution in [0, 0.1) is 0 Å². The smallest absolute Gasteiger partial charge is 0.141 e. The molecule has 1 heterocycles. The summed E-state index contributed by atoms with van der Waals surface area (Å²) >= 11 is 0. The van der Waals surface area contributed by atoms with Gasteiger partial charge in [-0.1, -0.05) is 6.07 Å². The first-order valence-corrected chi connectivity index (χ1v) is 5.26. The molecule has 1 unspecified atom stereocenters. The first-order chi connectivity index (χ1) is 8.16. The highest BCUT2D eigenvalue weighted by atomic mass is 16.3. The van der Waals surface area contributed by atoms with E-state index in [1.165, 1.54) is 18.5 Å². The van der Waals surface area contributed by atoms with Gasteiger partial charge in [-0.2, -0.15) is 5.10 Å². The van der Waals surface area contributed by atoms with Crippen molar-refractivity contribution in [1.82, 2.24) is 20.5 Å². The van der Waals surface area contributed by atoms with Gasteiger partial charge in [-0.05, 0) is 13.0 Å². The van der Waals surface area contributed by atoms with Gasteiger partial charge in [0, 0.05) is 18.2 Å². The summed E-state index contributed by atoms with van der Waals surface area (Å²) in [5.74, 6) is 0.861. The van der Waals surface area contributed by atoms with Gasteiger partial charge >= 0.3 is 0 Å². The SMILES string of the molecule is CC(NCc1ccc(O)cc1O)c1ncn[nH]1. The molecular weight excluding hydrogens is 220 g/mol. The zero-order chi connectivity index (χ0) is 12.3. The van der Waals surface area contributed by atoms with Crippen molar-refractivity contribution >= 4 is 0 Å². The molecule has 6 nitrogen and oxygen atoms in total. The molecule has 0 saturated heterocycles. The Balaban J connectivity index is 1.98. The summed E-state index contributed by atoms with van der Waals surface area (Å²) in [7, 11) is 0. The number of hydrogen-bond donors (Lipinski definition) is 4. The summed E-state index contributed by atoms with van der Waals surface area (Å²) in [5, 5.41) is 28.5. The van der Waals surface area contributed by atoms with Crippen molar-refractivity contribution in [3.05, 3.63) is 35.9 Å². The Morgan fingerprint density at radius 2 is 2.24 bits per heavy atom. The predicted octanol–water partition coefficient (Wildman–Crippen LogP) is 1.07. The van der Waals surface area contributed by atoms with Gasteiger partial charge in [0.1, 0.15) is 23.7 Å². The number of aromatic amines is 1. The zero-order valence-corrected chi connectivity index (χ0v) is 9.38. The maximum absolute atomic E-state index is 9.60. The van der Waals surface area contributed by atoms with Gasteiger partial charge in [0.15, 0.2) is 0 Å². The molecule has 0 spiro atoms. The van der Waals surface area contributed by atoms with Crippen LogP contribution in [0.2, 0.25) is 0 Å². The van der Waals surface area contributed by atoms with Crippen molar-refractivity contribution in [2.24, 2.45) is 0 Å². The molecule has 0 aliphatic rings. The Hall–Kier alpha value is -2.08. The molecule has 4 N–H and O–H groups in total. The van der Waals surface area contributed by atoms with Gasteiger partial charge in [0.25, 0.3) is 0 Å². The summed E-state index contributed by atoms with van der Waals surface area (Å²) in [6.45, 7) is 2.42. The number of aromatic hydroxyl groups is 2. The van der Waals surface area contributed by atoms with Gasteiger partial charge in [-0.15, -0.1) is 0 Å². The predicted molar refractivity (Wildman–Crippen MR) is 61.4 cm³/mol. The highest BCUT2D eigenvalue weighted by molar-refractivity contribution is 5.38. The van der Waals surface area contributed by atoms with Crippen LogP contribution in [0.25, 0.3) is 0 Å². The van der Waals surface area contributed by atoms with E-state index in [9.17, 15) is 5.11 Å². The van der Waals surface area contributed by atoms with E-state index in [-0.39, 0.29) is 17.5 Å². The number of phenols is 2. The summed E-state index contributed by atoms with van der Waals surface area (Å²) < 4.78 is 0. The average molecular weight is 234 g/mol. The summed E-state index contributed by atoms with van der Waals surface area (Å²) in [5.41, 5.74) is 0.717. The van der Waals surface area contributed by atoms with E-state index in [2.05, 4.69) is 20.5 Å². The molecule has 0 aliphatic heterocycles. The molecule has 0 aliphatic carbocycles. The summed E-state index contributed by atoms with van der Waals surface area (Å²) in [6.07, 6.45) is 1.45. The van der Waals surface area contributed by atoms with Crippen molar-refractivity contribution < 1.29 is 10.2 Å². The third kappa shape index (κ3) is 2.73. The van der Waals surface area contributed by atoms with Crippen LogP contribution in [-0.4, -0.2) is 25.4 Å². The first kappa shape index (κ1) is 11.4. The van der Waals surface area contributed by atoms with Crippen LogP contribution < -0.4 is 5.32 Å². The largest absolute Gasteiger partial charge is 0.508 e. The fourth-order valence-electron chi connectivity index (χ4n) is 1.49. The van der Waals surface area contributed by atoms with Crippen LogP contribution in [0.4, 0.5) is 0 Å². The highest BCUT2D eigenvalue weighted by Gasteiger charge is 2.09. The van der Waals surface area contributed by atoms with E-state index < -0.39 is 0 Å². The van der Waals surface area contributed by atoms with Crippen LogP contribution in [0.1, 0.15) is 24.4 Å². The van der Waals surface area contributed by atoms with E-state index in [1.54, 1.807) is 6.07 Å². The molecule has 0 radical (unpaired) electrons. The topological polar surface area (TPSA) is 94.1 Å². The molecule has 0 amide bonds. The van der Waals surface area contributed by atoms with Gasteiger partial charge < -0.3 is 15.5 Å². The fourth-order valence-corrected chi connectivity index (χ4v) is 1.49.